The summed E-state index contributed by atoms with van der Waals surface area (Å²) in [6.07, 6.45) is 6.15. The highest BCUT2D eigenvalue weighted by atomic mass is 35.5. The van der Waals surface area contributed by atoms with Crippen molar-refractivity contribution in [3.05, 3.63) is 24.3 Å². The molecule has 0 spiro atoms. The number of nitrogens with two attached hydrogens (primary N) is 1. The van der Waals surface area contributed by atoms with Gasteiger partial charge in [0.1, 0.15) is 0 Å². The molecule has 0 radical (unpaired) electrons. The van der Waals surface area contributed by atoms with Crippen LogP contribution in [0.4, 0.5) is 11.4 Å². The number of nitrogens with one attached hydrogen (secondary N) is 2. The quantitative estimate of drug-likeness (QED) is 0.636. The lowest BCUT2D eigenvalue weighted by molar-refractivity contribution is -0.119. The van der Waals surface area contributed by atoms with Gasteiger partial charge < -0.3 is 16.4 Å². The molecule has 0 bridgehead atoms. The zero-order valence-corrected chi connectivity index (χ0v) is 19.3. The van der Waals surface area contributed by atoms with Crippen molar-refractivity contribution in [3.63, 3.8) is 0 Å². The standard InChI is InChI=1S/C21H34N4O2.2ClH/c1-21(2,3)19(22)20(27)24-17-11-9-16(10-12-17)23-18(26)15-25-13-7-5-4-6-8-14-25;;/h9-12,19H,4-8,13-15,22H2,1-3H3,(H,23,26)(H,24,27);2*1H/t19-;;/m1../s1. The molecule has 1 aliphatic rings. The first kappa shape index (κ1) is 27.7. The van der Waals surface area contributed by atoms with Crippen LogP contribution in [0.5, 0.6) is 0 Å². The molecular formula is C21H36Cl2N4O2. The molecule has 0 aliphatic carbocycles. The highest BCUT2D eigenvalue weighted by Gasteiger charge is 2.27. The van der Waals surface area contributed by atoms with Gasteiger partial charge >= 0.3 is 0 Å². The number of halogens is 2. The Hall–Kier alpha value is -1.34. The molecule has 0 saturated carbocycles. The molecule has 0 unspecified atom stereocenters. The first-order valence-electron chi connectivity index (χ1n) is 9.94. The fourth-order valence-corrected chi connectivity index (χ4v) is 3.12. The van der Waals surface area contributed by atoms with Gasteiger partial charge in [-0.25, -0.2) is 0 Å². The zero-order valence-electron chi connectivity index (χ0n) is 17.7. The molecule has 1 aromatic carbocycles. The highest BCUT2D eigenvalue weighted by Crippen LogP contribution is 2.20. The highest BCUT2D eigenvalue weighted by molar-refractivity contribution is 5.96. The van der Waals surface area contributed by atoms with Crippen molar-refractivity contribution in [1.82, 2.24) is 4.90 Å². The van der Waals surface area contributed by atoms with Crippen molar-refractivity contribution in [2.24, 2.45) is 11.1 Å². The van der Waals surface area contributed by atoms with Crippen molar-refractivity contribution in [2.45, 2.75) is 58.9 Å². The second kappa shape index (κ2) is 13.1. The minimum Gasteiger partial charge on any atom is -0.325 e. The maximum absolute atomic E-state index is 12.3. The van der Waals surface area contributed by atoms with E-state index in [9.17, 15) is 9.59 Å². The van der Waals surface area contributed by atoms with Crippen molar-refractivity contribution in [1.29, 1.82) is 0 Å². The van der Waals surface area contributed by atoms with Gasteiger partial charge in [0.25, 0.3) is 0 Å². The summed E-state index contributed by atoms with van der Waals surface area (Å²) < 4.78 is 0. The van der Waals surface area contributed by atoms with Gasteiger partial charge in [-0.05, 0) is 55.6 Å². The second-order valence-electron chi connectivity index (χ2n) is 8.50. The Morgan fingerprint density at radius 2 is 1.38 bits per heavy atom. The molecule has 0 aromatic heterocycles. The summed E-state index contributed by atoms with van der Waals surface area (Å²) in [5.74, 6) is -0.210. The average molecular weight is 447 g/mol. The smallest absolute Gasteiger partial charge is 0.241 e. The minimum absolute atomic E-state index is 0. The molecule has 1 atom stereocenters. The molecule has 4 N–H and O–H groups in total. The first-order valence-corrected chi connectivity index (χ1v) is 9.94. The lowest BCUT2D eigenvalue weighted by Gasteiger charge is -2.25. The van der Waals surface area contributed by atoms with Gasteiger partial charge in [0.05, 0.1) is 12.6 Å². The number of carbonyl (C=O) groups excluding carboxylic acids is 2. The van der Waals surface area contributed by atoms with E-state index in [4.69, 9.17) is 5.73 Å². The van der Waals surface area contributed by atoms with Crippen LogP contribution >= 0.6 is 24.8 Å². The maximum atomic E-state index is 12.3. The average Bonchev–Trinajstić information content (AvgIpc) is 2.57. The Kier molecular flexibility index (Phi) is 12.5. The first-order chi connectivity index (χ1) is 12.8. The lowest BCUT2D eigenvalue weighted by Crippen LogP contribution is -2.45. The summed E-state index contributed by atoms with van der Waals surface area (Å²) >= 11 is 0. The topological polar surface area (TPSA) is 87.5 Å². The van der Waals surface area contributed by atoms with E-state index >= 15 is 0 Å². The number of hydrogen-bond acceptors (Lipinski definition) is 4. The molecule has 1 heterocycles. The van der Waals surface area contributed by atoms with Crippen molar-refractivity contribution in [3.8, 4) is 0 Å². The summed E-state index contributed by atoms with van der Waals surface area (Å²) in [5, 5.41) is 5.76. The van der Waals surface area contributed by atoms with E-state index in [1.807, 2.05) is 20.8 Å². The van der Waals surface area contributed by atoms with E-state index in [0.29, 0.717) is 12.2 Å². The van der Waals surface area contributed by atoms with E-state index in [1.54, 1.807) is 24.3 Å². The Morgan fingerprint density at radius 1 is 0.931 bits per heavy atom. The fourth-order valence-electron chi connectivity index (χ4n) is 3.12. The predicted molar refractivity (Wildman–Crippen MR) is 125 cm³/mol. The van der Waals surface area contributed by atoms with Gasteiger partial charge in [0.15, 0.2) is 0 Å². The lowest BCUT2D eigenvalue weighted by atomic mass is 9.87. The van der Waals surface area contributed by atoms with E-state index < -0.39 is 6.04 Å². The molecule has 1 saturated heterocycles. The second-order valence-corrected chi connectivity index (χ2v) is 8.50. The van der Waals surface area contributed by atoms with E-state index in [-0.39, 0.29) is 42.0 Å². The van der Waals surface area contributed by atoms with Crippen molar-refractivity contribution < 1.29 is 9.59 Å². The van der Waals surface area contributed by atoms with Gasteiger partial charge in [-0.15, -0.1) is 24.8 Å². The van der Waals surface area contributed by atoms with Crippen LogP contribution < -0.4 is 16.4 Å². The Morgan fingerprint density at radius 3 is 1.86 bits per heavy atom. The molecule has 1 aliphatic heterocycles. The van der Waals surface area contributed by atoms with Crippen LogP contribution in [-0.4, -0.2) is 42.4 Å². The third-order valence-corrected chi connectivity index (χ3v) is 4.97. The Bertz CT molecular complexity index is 625. The molecule has 1 aromatic rings. The van der Waals surface area contributed by atoms with Gasteiger partial charge in [-0.2, -0.15) is 0 Å². The largest absolute Gasteiger partial charge is 0.325 e. The number of hydrogen-bond donors (Lipinski definition) is 3. The molecular weight excluding hydrogens is 411 g/mol. The van der Waals surface area contributed by atoms with Crippen LogP contribution in [0.1, 0.15) is 52.9 Å². The number of nitrogens with zero attached hydrogens (tertiary/aromatic N) is 1. The molecule has 6 nitrogen and oxygen atoms in total. The van der Waals surface area contributed by atoms with E-state index in [1.165, 1.54) is 32.1 Å². The van der Waals surface area contributed by atoms with Crippen LogP contribution in [0.25, 0.3) is 0 Å². The summed E-state index contributed by atoms with van der Waals surface area (Å²) in [6.45, 7) is 8.21. The summed E-state index contributed by atoms with van der Waals surface area (Å²) in [5.41, 5.74) is 7.07. The predicted octanol–water partition coefficient (Wildman–Crippen LogP) is 4.05. The summed E-state index contributed by atoms with van der Waals surface area (Å²) in [4.78, 5) is 26.7. The van der Waals surface area contributed by atoms with E-state index in [0.717, 1.165) is 18.8 Å². The number of carbonyl (C=O) groups is 2. The summed E-state index contributed by atoms with van der Waals surface area (Å²) in [7, 11) is 0. The molecule has 29 heavy (non-hydrogen) atoms. The molecule has 2 rings (SSSR count). The van der Waals surface area contributed by atoms with Gasteiger partial charge in [0, 0.05) is 11.4 Å². The van der Waals surface area contributed by atoms with Gasteiger partial charge in [-0.1, -0.05) is 40.0 Å². The normalized spacial score (nSPS) is 16.3. The van der Waals surface area contributed by atoms with Gasteiger partial charge in [0.2, 0.25) is 11.8 Å². The van der Waals surface area contributed by atoms with Gasteiger partial charge in [-0.3, -0.25) is 14.5 Å². The van der Waals surface area contributed by atoms with Crippen LogP contribution in [0.2, 0.25) is 0 Å². The zero-order chi connectivity index (χ0) is 19.9. The number of anilines is 2. The van der Waals surface area contributed by atoms with Crippen LogP contribution in [-0.2, 0) is 9.59 Å². The Balaban J connectivity index is 0.00000392. The van der Waals surface area contributed by atoms with E-state index in [2.05, 4.69) is 15.5 Å². The van der Waals surface area contributed by atoms with Crippen molar-refractivity contribution in [2.75, 3.05) is 30.3 Å². The van der Waals surface area contributed by atoms with Crippen LogP contribution in [0, 0.1) is 5.41 Å². The summed E-state index contributed by atoms with van der Waals surface area (Å²) in [6, 6.07) is 6.56. The van der Waals surface area contributed by atoms with Crippen LogP contribution in [0.15, 0.2) is 24.3 Å². The number of rotatable bonds is 5. The number of benzene rings is 1. The van der Waals surface area contributed by atoms with Crippen LogP contribution in [0.3, 0.4) is 0 Å². The fraction of sp³-hybridized carbons (Fsp3) is 0.619. The molecule has 2 amide bonds. The maximum Gasteiger partial charge on any atom is 0.241 e. The Labute approximate surface area is 187 Å². The third kappa shape index (κ3) is 9.81. The SMILES string of the molecule is CC(C)(C)[C@H](N)C(=O)Nc1ccc(NC(=O)CN2CCCCCCC2)cc1.Cl.Cl. The number of amides is 2. The molecule has 166 valence electrons. The van der Waals surface area contributed by atoms with Crippen molar-refractivity contribution >= 4 is 48.0 Å². The number of likely N-dealkylation sites (tertiary alicyclic amines) is 1. The monoisotopic (exact) mass is 446 g/mol. The third-order valence-electron chi connectivity index (χ3n) is 4.97. The minimum atomic E-state index is -0.588. The molecule has 8 heteroatoms. The molecule has 1 fully saturated rings.